The summed E-state index contributed by atoms with van der Waals surface area (Å²) in [6.07, 6.45) is 7.08. The molecule has 3 N–H and O–H groups in total. The lowest BCUT2D eigenvalue weighted by Gasteiger charge is -2.29. The Balaban J connectivity index is 1.46. The maximum atomic E-state index is 10.2. The minimum absolute atomic E-state index is 0.215. The summed E-state index contributed by atoms with van der Waals surface area (Å²) in [5.41, 5.74) is 1.29. The lowest BCUT2D eigenvalue weighted by molar-refractivity contribution is 0.193. The molecule has 0 spiro atoms. The molecule has 0 radical (unpaired) electrons. The summed E-state index contributed by atoms with van der Waals surface area (Å²) in [7, 11) is 1.84. The number of rotatable bonds is 5. The van der Waals surface area contributed by atoms with E-state index in [1.165, 1.54) is 5.56 Å². The number of β-amino-alcohol motifs (C(OH)–C–C–N with tert-alkyl or cyclic N) is 1. The van der Waals surface area contributed by atoms with E-state index in [0.29, 0.717) is 12.6 Å². The Morgan fingerprint density at radius 1 is 1.40 bits per heavy atom. The van der Waals surface area contributed by atoms with Crippen molar-refractivity contribution in [3.63, 3.8) is 0 Å². The molecule has 4 rings (SSSR count). The smallest absolute Gasteiger partial charge is 0.134 e. The summed E-state index contributed by atoms with van der Waals surface area (Å²) in [5, 5.41) is 16.9. The molecule has 3 atom stereocenters. The molecule has 3 heterocycles. The number of furan rings is 1. The van der Waals surface area contributed by atoms with Crippen LogP contribution in [-0.4, -0.2) is 47.4 Å². The van der Waals surface area contributed by atoms with Crippen molar-refractivity contribution in [3.8, 4) is 0 Å². The number of aliphatic hydroxyl groups excluding tert-OH is 1. The highest BCUT2D eigenvalue weighted by Gasteiger charge is 2.33. The zero-order chi connectivity index (χ0) is 17.2. The summed E-state index contributed by atoms with van der Waals surface area (Å²) < 4.78 is 5.58. The molecule has 0 saturated carbocycles. The zero-order valence-electron chi connectivity index (χ0n) is 14.5. The fraction of sp³-hybridized carbons (Fsp3) is 0.556. The van der Waals surface area contributed by atoms with Gasteiger partial charge in [-0.2, -0.15) is 0 Å². The molecule has 25 heavy (non-hydrogen) atoms. The largest absolute Gasteiger partial charge is 0.469 e. The van der Waals surface area contributed by atoms with Gasteiger partial charge in [0.15, 0.2) is 0 Å². The Kier molecular flexibility index (Phi) is 4.59. The van der Waals surface area contributed by atoms with Gasteiger partial charge in [-0.1, -0.05) is 0 Å². The topological polar surface area (TPSA) is 86.5 Å². The van der Waals surface area contributed by atoms with Crippen LogP contribution in [0.4, 0.5) is 11.6 Å². The minimum atomic E-state index is -0.323. The summed E-state index contributed by atoms with van der Waals surface area (Å²) in [6, 6.07) is 4.56. The van der Waals surface area contributed by atoms with E-state index in [1.807, 2.05) is 13.1 Å². The van der Waals surface area contributed by atoms with Gasteiger partial charge in [-0.25, -0.2) is 9.97 Å². The maximum Gasteiger partial charge on any atom is 0.134 e. The molecular weight excluding hydrogens is 318 g/mol. The van der Waals surface area contributed by atoms with Crippen molar-refractivity contribution in [1.82, 2.24) is 15.3 Å². The van der Waals surface area contributed by atoms with Gasteiger partial charge in [-0.05, 0) is 25.3 Å². The quantitative estimate of drug-likeness (QED) is 0.762. The highest BCUT2D eigenvalue weighted by molar-refractivity contribution is 5.50. The second-order valence-corrected chi connectivity index (χ2v) is 6.86. The van der Waals surface area contributed by atoms with E-state index >= 15 is 0 Å². The number of hydrogen-bond acceptors (Lipinski definition) is 7. The van der Waals surface area contributed by atoms with Gasteiger partial charge in [-0.3, -0.25) is 0 Å². The SMILES string of the molecule is CNc1cc(N2C[C@H](O)C[C@@H]2CNC2CCCc3occc32)ncn1. The lowest BCUT2D eigenvalue weighted by atomic mass is 9.93. The van der Waals surface area contributed by atoms with E-state index in [-0.39, 0.29) is 12.1 Å². The molecule has 134 valence electrons. The molecule has 7 heteroatoms. The number of hydrogen-bond donors (Lipinski definition) is 3. The number of fused-ring (bicyclic) bond motifs is 1. The molecule has 1 fully saturated rings. The van der Waals surface area contributed by atoms with Gasteiger partial charge in [0.1, 0.15) is 23.7 Å². The van der Waals surface area contributed by atoms with Crippen LogP contribution in [0.25, 0.3) is 0 Å². The van der Waals surface area contributed by atoms with Crippen LogP contribution in [0.5, 0.6) is 0 Å². The van der Waals surface area contributed by atoms with Crippen molar-refractivity contribution in [3.05, 3.63) is 36.0 Å². The Morgan fingerprint density at radius 3 is 3.20 bits per heavy atom. The Labute approximate surface area is 147 Å². The average molecular weight is 343 g/mol. The summed E-state index contributed by atoms with van der Waals surface area (Å²) in [5.74, 6) is 2.75. The average Bonchev–Trinajstić information content (AvgIpc) is 3.26. The van der Waals surface area contributed by atoms with Crippen LogP contribution in [0, 0.1) is 0 Å². The van der Waals surface area contributed by atoms with Crippen molar-refractivity contribution in [2.24, 2.45) is 0 Å². The number of aromatic nitrogens is 2. The molecule has 2 aromatic heterocycles. The molecule has 7 nitrogen and oxygen atoms in total. The van der Waals surface area contributed by atoms with E-state index < -0.39 is 0 Å². The Morgan fingerprint density at radius 2 is 2.32 bits per heavy atom. The van der Waals surface area contributed by atoms with Crippen LogP contribution in [-0.2, 0) is 6.42 Å². The third kappa shape index (κ3) is 3.34. The Hall–Kier alpha value is -2.12. The molecular formula is C18H25N5O2. The normalized spacial score (nSPS) is 25.8. The van der Waals surface area contributed by atoms with Crippen molar-refractivity contribution in [1.29, 1.82) is 0 Å². The first kappa shape index (κ1) is 16.4. The predicted octanol–water partition coefficient (Wildman–Crippen LogP) is 1.72. The van der Waals surface area contributed by atoms with Gasteiger partial charge in [0.25, 0.3) is 0 Å². The lowest BCUT2D eigenvalue weighted by Crippen LogP contribution is -2.40. The Bertz CT molecular complexity index is 719. The monoisotopic (exact) mass is 343 g/mol. The number of nitrogens with one attached hydrogen (secondary N) is 2. The molecule has 2 aliphatic rings. The summed E-state index contributed by atoms with van der Waals surface area (Å²) >= 11 is 0. The van der Waals surface area contributed by atoms with E-state index in [0.717, 1.165) is 49.6 Å². The van der Waals surface area contributed by atoms with Gasteiger partial charge in [0, 0.05) is 50.3 Å². The second kappa shape index (κ2) is 7.01. The molecule has 1 saturated heterocycles. The molecule has 0 amide bonds. The highest BCUT2D eigenvalue weighted by atomic mass is 16.3. The van der Waals surface area contributed by atoms with Gasteiger partial charge >= 0.3 is 0 Å². The molecule has 0 aromatic carbocycles. The van der Waals surface area contributed by atoms with Crippen LogP contribution < -0.4 is 15.5 Å². The van der Waals surface area contributed by atoms with Crippen LogP contribution in [0.3, 0.4) is 0 Å². The first-order valence-corrected chi connectivity index (χ1v) is 8.98. The van der Waals surface area contributed by atoms with Crippen molar-refractivity contribution in [2.75, 3.05) is 30.4 Å². The first-order chi connectivity index (χ1) is 12.2. The number of aliphatic hydroxyl groups is 1. The molecule has 2 aromatic rings. The third-order valence-corrected chi connectivity index (χ3v) is 5.25. The van der Waals surface area contributed by atoms with E-state index in [2.05, 4.69) is 31.6 Å². The zero-order valence-corrected chi connectivity index (χ0v) is 14.5. The highest BCUT2D eigenvalue weighted by Crippen LogP contribution is 2.31. The standard InChI is InChI=1S/C18H25N5O2/c1-19-17-8-18(22-11-21-17)23-10-13(24)7-12(23)9-20-15-3-2-4-16-14(15)5-6-25-16/h5-6,8,11-13,15,20,24H,2-4,7,9-10H2,1H3,(H,19,21,22)/t12-,13-,15?/m1/s1. The maximum absolute atomic E-state index is 10.2. The number of aryl methyl sites for hydroxylation is 1. The van der Waals surface area contributed by atoms with E-state index in [9.17, 15) is 5.11 Å². The van der Waals surface area contributed by atoms with E-state index in [1.54, 1.807) is 12.6 Å². The number of anilines is 2. The van der Waals surface area contributed by atoms with Crippen LogP contribution in [0.15, 0.2) is 29.1 Å². The van der Waals surface area contributed by atoms with Gasteiger partial charge in [0.05, 0.1) is 12.4 Å². The fourth-order valence-electron chi connectivity index (χ4n) is 3.98. The molecule has 1 unspecified atom stereocenters. The van der Waals surface area contributed by atoms with Crippen molar-refractivity contribution < 1.29 is 9.52 Å². The van der Waals surface area contributed by atoms with Crippen molar-refractivity contribution in [2.45, 2.75) is 43.9 Å². The molecule has 0 bridgehead atoms. The van der Waals surface area contributed by atoms with Crippen molar-refractivity contribution >= 4 is 11.6 Å². The number of nitrogens with zero attached hydrogens (tertiary/aromatic N) is 3. The first-order valence-electron chi connectivity index (χ1n) is 8.98. The van der Waals surface area contributed by atoms with Gasteiger partial charge < -0.3 is 25.1 Å². The van der Waals surface area contributed by atoms with E-state index in [4.69, 9.17) is 4.42 Å². The van der Waals surface area contributed by atoms with Gasteiger partial charge in [-0.15, -0.1) is 0 Å². The van der Waals surface area contributed by atoms with Crippen LogP contribution in [0.2, 0.25) is 0 Å². The van der Waals surface area contributed by atoms with Crippen LogP contribution >= 0.6 is 0 Å². The van der Waals surface area contributed by atoms with Crippen LogP contribution in [0.1, 0.15) is 36.6 Å². The summed E-state index contributed by atoms with van der Waals surface area (Å²) in [4.78, 5) is 10.8. The third-order valence-electron chi connectivity index (χ3n) is 5.25. The molecule has 1 aliphatic heterocycles. The predicted molar refractivity (Wildman–Crippen MR) is 95.7 cm³/mol. The second-order valence-electron chi connectivity index (χ2n) is 6.86. The summed E-state index contributed by atoms with van der Waals surface area (Å²) in [6.45, 7) is 1.42. The fourth-order valence-corrected chi connectivity index (χ4v) is 3.98. The molecule has 1 aliphatic carbocycles. The minimum Gasteiger partial charge on any atom is -0.469 e. The van der Waals surface area contributed by atoms with Gasteiger partial charge in [0.2, 0.25) is 0 Å².